The predicted octanol–water partition coefficient (Wildman–Crippen LogP) is 0.344. The Morgan fingerprint density at radius 2 is 2.30 bits per heavy atom. The van der Waals surface area contributed by atoms with Gasteiger partial charge in [0.25, 0.3) is 0 Å². The first kappa shape index (κ1) is 9.17. The Balaban J connectivity index is 3.95. The molecule has 0 aromatic heterocycles. The third-order valence-corrected chi connectivity index (χ3v) is 1.32. The van der Waals surface area contributed by atoms with Gasteiger partial charge in [0, 0.05) is 18.1 Å². The monoisotopic (exact) mass is 144 g/mol. The van der Waals surface area contributed by atoms with E-state index in [1.165, 1.54) is 7.11 Å². The van der Waals surface area contributed by atoms with E-state index in [9.17, 15) is 4.79 Å². The molecule has 0 heterocycles. The summed E-state index contributed by atoms with van der Waals surface area (Å²) in [4.78, 5) is 10.7. The van der Waals surface area contributed by atoms with Gasteiger partial charge in [-0.2, -0.15) is 0 Å². The second-order valence-electron chi connectivity index (χ2n) is 2.10. The number of rotatable bonds is 3. The summed E-state index contributed by atoms with van der Waals surface area (Å²) in [5, 5.41) is 8.58. The van der Waals surface area contributed by atoms with E-state index in [2.05, 4.69) is 11.3 Å². The van der Waals surface area contributed by atoms with Gasteiger partial charge in [0.1, 0.15) is 0 Å². The van der Waals surface area contributed by atoms with Gasteiger partial charge in [-0.1, -0.05) is 13.5 Å². The SMILES string of the molecule is C=C(C(=O)OC)C(C)CO. The maximum absolute atomic E-state index is 10.7. The van der Waals surface area contributed by atoms with Crippen LogP contribution in [0.3, 0.4) is 0 Å². The van der Waals surface area contributed by atoms with Crippen LogP contribution in [0.25, 0.3) is 0 Å². The number of carbonyl (C=O) groups excluding carboxylic acids is 1. The highest BCUT2D eigenvalue weighted by Crippen LogP contribution is 2.07. The van der Waals surface area contributed by atoms with Crippen LogP contribution in [0.15, 0.2) is 12.2 Å². The van der Waals surface area contributed by atoms with E-state index in [1.54, 1.807) is 6.92 Å². The average molecular weight is 144 g/mol. The Hall–Kier alpha value is -0.830. The Kier molecular flexibility index (Phi) is 3.72. The van der Waals surface area contributed by atoms with E-state index in [-0.39, 0.29) is 12.5 Å². The lowest BCUT2D eigenvalue weighted by Gasteiger charge is -2.07. The van der Waals surface area contributed by atoms with E-state index in [0.29, 0.717) is 5.57 Å². The van der Waals surface area contributed by atoms with Crippen molar-refractivity contribution >= 4 is 5.97 Å². The van der Waals surface area contributed by atoms with Crippen LogP contribution in [-0.4, -0.2) is 24.8 Å². The highest BCUT2D eigenvalue weighted by Gasteiger charge is 2.13. The molecule has 1 unspecified atom stereocenters. The third kappa shape index (κ3) is 2.19. The number of esters is 1. The Labute approximate surface area is 60.3 Å². The summed E-state index contributed by atoms with van der Waals surface area (Å²) in [7, 11) is 1.29. The molecule has 0 aliphatic heterocycles. The predicted molar refractivity (Wildman–Crippen MR) is 37.4 cm³/mol. The number of methoxy groups -OCH3 is 1. The van der Waals surface area contributed by atoms with Crippen molar-refractivity contribution in [2.24, 2.45) is 5.92 Å². The minimum Gasteiger partial charge on any atom is -0.466 e. The van der Waals surface area contributed by atoms with Crippen molar-refractivity contribution in [1.82, 2.24) is 0 Å². The number of aliphatic hydroxyl groups excluding tert-OH is 1. The number of hydrogen-bond acceptors (Lipinski definition) is 3. The van der Waals surface area contributed by atoms with Gasteiger partial charge in [0.05, 0.1) is 7.11 Å². The van der Waals surface area contributed by atoms with Crippen LogP contribution in [0.2, 0.25) is 0 Å². The number of carbonyl (C=O) groups is 1. The van der Waals surface area contributed by atoms with Gasteiger partial charge < -0.3 is 9.84 Å². The summed E-state index contributed by atoms with van der Waals surface area (Å²) in [6.45, 7) is 5.09. The van der Waals surface area contributed by atoms with Gasteiger partial charge in [-0.15, -0.1) is 0 Å². The zero-order valence-electron chi connectivity index (χ0n) is 6.26. The zero-order valence-corrected chi connectivity index (χ0v) is 6.26. The second kappa shape index (κ2) is 4.06. The lowest BCUT2D eigenvalue weighted by atomic mass is 10.0. The molecule has 0 aromatic rings. The van der Waals surface area contributed by atoms with Crippen molar-refractivity contribution in [3.63, 3.8) is 0 Å². The molecular formula is C7H12O3. The third-order valence-electron chi connectivity index (χ3n) is 1.32. The van der Waals surface area contributed by atoms with Crippen LogP contribution in [0, 0.1) is 5.92 Å². The van der Waals surface area contributed by atoms with Crippen LogP contribution in [0.1, 0.15) is 6.92 Å². The van der Waals surface area contributed by atoms with Crippen molar-refractivity contribution in [1.29, 1.82) is 0 Å². The van der Waals surface area contributed by atoms with Gasteiger partial charge in [-0.3, -0.25) is 0 Å². The van der Waals surface area contributed by atoms with Crippen LogP contribution in [-0.2, 0) is 9.53 Å². The number of aliphatic hydroxyl groups is 1. The molecule has 0 radical (unpaired) electrons. The van der Waals surface area contributed by atoms with E-state index >= 15 is 0 Å². The second-order valence-corrected chi connectivity index (χ2v) is 2.10. The van der Waals surface area contributed by atoms with Crippen LogP contribution in [0.4, 0.5) is 0 Å². The molecule has 1 N–H and O–H groups in total. The average Bonchev–Trinajstić information content (AvgIpc) is 2.00. The first-order valence-electron chi connectivity index (χ1n) is 3.01. The highest BCUT2D eigenvalue weighted by atomic mass is 16.5. The molecule has 0 spiro atoms. The van der Waals surface area contributed by atoms with Crippen molar-refractivity contribution in [3.8, 4) is 0 Å². The van der Waals surface area contributed by atoms with E-state index in [1.807, 2.05) is 0 Å². The molecule has 0 aliphatic carbocycles. The smallest absolute Gasteiger partial charge is 0.333 e. The maximum Gasteiger partial charge on any atom is 0.333 e. The molecule has 0 fully saturated rings. The van der Waals surface area contributed by atoms with Gasteiger partial charge in [-0.25, -0.2) is 4.79 Å². The summed E-state index contributed by atoms with van der Waals surface area (Å²) >= 11 is 0. The lowest BCUT2D eigenvalue weighted by molar-refractivity contribution is -0.136. The van der Waals surface area contributed by atoms with Crippen LogP contribution >= 0.6 is 0 Å². The molecule has 3 heteroatoms. The fraction of sp³-hybridized carbons (Fsp3) is 0.571. The zero-order chi connectivity index (χ0) is 8.15. The Bertz CT molecular complexity index is 140. The fourth-order valence-electron chi connectivity index (χ4n) is 0.442. The molecule has 3 nitrogen and oxygen atoms in total. The normalized spacial score (nSPS) is 12.3. The molecule has 58 valence electrons. The van der Waals surface area contributed by atoms with Crippen molar-refractivity contribution < 1.29 is 14.6 Å². The lowest BCUT2D eigenvalue weighted by Crippen LogP contribution is -2.13. The topological polar surface area (TPSA) is 46.5 Å². The first-order valence-corrected chi connectivity index (χ1v) is 3.01. The van der Waals surface area contributed by atoms with E-state index in [4.69, 9.17) is 5.11 Å². The fourth-order valence-corrected chi connectivity index (χ4v) is 0.442. The van der Waals surface area contributed by atoms with Crippen molar-refractivity contribution in [3.05, 3.63) is 12.2 Å². The first-order chi connectivity index (χ1) is 4.63. The molecule has 0 amide bonds. The van der Waals surface area contributed by atoms with Crippen molar-refractivity contribution in [2.45, 2.75) is 6.92 Å². The number of ether oxygens (including phenoxy) is 1. The van der Waals surface area contributed by atoms with E-state index in [0.717, 1.165) is 0 Å². The standard InChI is InChI=1S/C7H12O3/c1-5(4-8)6(2)7(9)10-3/h5,8H,2,4H2,1,3H3. The highest BCUT2D eigenvalue weighted by molar-refractivity contribution is 5.88. The van der Waals surface area contributed by atoms with Crippen LogP contribution < -0.4 is 0 Å². The summed E-state index contributed by atoms with van der Waals surface area (Å²) in [6, 6.07) is 0. The van der Waals surface area contributed by atoms with Gasteiger partial charge in [0.15, 0.2) is 0 Å². The van der Waals surface area contributed by atoms with Gasteiger partial charge in [0.2, 0.25) is 0 Å². The maximum atomic E-state index is 10.7. The minimum absolute atomic E-state index is 0.0755. The summed E-state index contributed by atoms with van der Waals surface area (Å²) in [5.41, 5.74) is 0.310. The molecule has 0 rings (SSSR count). The van der Waals surface area contributed by atoms with Crippen LogP contribution in [0.5, 0.6) is 0 Å². The summed E-state index contributed by atoms with van der Waals surface area (Å²) in [6.07, 6.45) is 0. The minimum atomic E-state index is -0.457. The molecule has 0 aliphatic rings. The molecule has 0 bridgehead atoms. The Morgan fingerprint density at radius 3 is 2.60 bits per heavy atom. The molecule has 1 atom stereocenters. The quantitative estimate of drug-likeness (QED) is 0.459. The molecule has 10 heavy (non-hydrogen) atoms. The number of hydrogen-bond donors (Lipinski definition) is 1. The molecule has 0 saturated carbocycles. The van der Waals surface area contributed by atoms with Crippen molar-refractivity contribution in [2.75, 3.05) is 13.7 Å². The molecule has 0 aromatic carbocycles. The van der Waals surface area contributed by atoms with Gasteiger partial charge in [-0.05, 0) is 0 Å². The largest absolute Gasteiger partial charge is 0.466 e. The van der Waals surface area contributed by atoms with E-state index < -0.39 is 5.97 Å². The summed E-state index contributed by atoms with van der Waals surface area (Å²) in [5.74, 6) is -0.672. The molecule has 0 saturated heterocycles. The molecular weight excluding hydrogens is 132 g/mol. The summed E-state index contributed by atoms with van der Waals surface area (Å²) < 4.78 is 4.39. The Morgan fingerprint density at radius 1 is 1.80 bits per heavy atom. The van der Waals surface area contributed by atoms with Gasteiger partial charge >= 0.3 is 5.97 Å².